The van der Waals surface area contributed by atoms with E-state index in [0.717, 1.165) is 0 Å². The molecule has 0 unspecified atom stereocenters. The minimum absolute atomic E-state index is 0. The van der Waals surface area contributed by atoms with Crippen LogP contribution in [0.25, 0.3) is 21.9 Å². The van der Waals surface area contributed by atoms with E-state index in [2.05, 4.69) is 105 Å². The molecular weight excluding hydrogens is 331 g/mol. The number of aryl methyl sites for hydroxylation is 1. The summed E-state index contributed by atoms with van der Waals surface area (Å²) >= 11 is 0. The smallest absolute Gasteiger partial charge is 0.164 e. The van der Waals surface area contributed by atoms with Crippen LogP contribution in [0.15, 0.2) is 42.5 Å². The molecule has 0 atom stereocenters. The third-order valence-corrected chi connectivity index (χ3v) is 5.63. The maximum atomic E-state index is 2.41. The molecule has 144 valence electrons. The van der Waals surface area contributed by atoms with E-state index in [1.165, 1.54) is 44.2 Å². The van der Waals surface area contributed by atoms with Crippen LogP contribution in [-0.2, 0) is 10.8 Å². The van der Waals surface area contributed by atoms with Gasteiger partial charge >= 0.3 is 18.9 Å². The van der Waals surface area contributed by atoms with Gasteiger partial charge in [-0.1, -0.05) is 90.8 Å². The fourth-order valence-electron chi connectivity index (χ4n) is 3.72. The zero-order chi connectivity index (χ0) is 20.1. The molecule has 0 nitrogen and oxygen atoms in total. The van der Waals surface area contributed by atoms with Gasteiger partial charge in [0.25, 0.3) is 0 Å². The van der Waals surface area contributed by atoms with Gasteiger partial charge in [0.2, 0.25) is 0 Å². The van der Waals surface area contributed by atoms with Crippen LogP contribution in [-0.4, -0.2) is 0 Å². The predicted molar refractivity (Wildman–Crippen MR) is 121 cm³/mol. The summed E-state index contributed by atoms with van der Waals surface area (Å²) in [6, 6.07) is 16.7. The standard InChI is InChI=1S/C27H35.Li/c1-17(2)19-12-20-10-18(3)11-24(25(20)15-19)21-13-22(26(4,5)6)16-23(14-21)27(7,8)9;/h10-17H,1-9H3;/q-1;+1. The van der Waals surface area contributed by atoms with Gasteiger partial charge in [-0.15, -0.1) is 28.5 Å². The Kier molecular flexibility index (Phi) is 6.40. The summed E-state index contributed by atoms with van der Waals surface area (Å²) in [5.41, 5.74) is 8.57. The van der Waals surface area contributed by atoms with Crippen LogP contribution in [0.2, 0.25) is 0 Å². The Morgan fingerprint density at radius 3 is 1.75 bits per heavy atom. The molecule has 0 saturated carbocycles. The van der Waals surface area contributed by atoms with E-state index in [0.29, 0.717) is 5.92 Å². The van der Waals surface area contributed by atoms with E-state index in [9.17, 15) is 0 Å². The molecule has 0 amide bonds. The Morgan fingerprint density at radius 1 is 0.750 bits per heavy atom. The van der Waals surface area contributed by atoms with Crippen molar-refractivity contribution in [3.63, 3.8) is 0 Å². The molecule has 0 aromatic heterocycles. The van der Waals surface area contributed by atoms with E-state index in [-0.39, 0.29) is 29.7 Å². The Hall–Kier alpha value is -1.35. The van der Waals surface area contributed by atoms with Crippen LogP contribution in [0.1, 0.15) is 83.6 Å². The van der Waals surface area contributed by atoms with Crippen molar-refractivity contribution < 1.29 is 18.9 Å². The van der Waals surface area contributed by atoms with E-state index in [1.807, 2.05) is 0 Å². The number of benzene rings is 2. The third-order valence-electron chi connectivity index (χ3n) is 5.63. The molecule has 0 fully saturated rings. The third kappa shape index (κ3) is 4.62. The molecule has 0 radical (unpaired) electrons. The fourth-order valence-corrected chi connectivity index (χ4v) is 3.72. The molecule has 0 spiro atoms. The molecule has 0 aliphatic rings. The van der Waals surface area contributed by atoms with Gasteiger partial charge in [0.15, 0.2) is 0 Å². The second kappa shape index (κ2) is 7.82. The Bertz CT molecular complexity index is 940. The number of hydrogen-bond acceptors (Lipinski definition) is 0. The van der Waals surface area contributed by atoms with Crippen molar-refractivity contribution in [1.29, 1.82) is 0 Å². The van der Waals surface area contributed by atoms with Crippen LogP contribution < -0.4 is 18.9 Å². The van der Waals surface area contributed by atoms with Crippen molar-refractivity contribution in [3.05, 3.63) is 64.7 Å². The summed E-state index contributed by atoms with van der Waals surface area (Å²) in [5.74, 6) is 0.552. The average Bonchev–Trinajstić information content (AvgIpc) is 2.96. The molecule has 28 heavy (non-hydrogen) atoms. The molecule has 0 heterocycles. The van der Waals surface area contributed by atoms with Gasteiger partial charge in [0, 0.05) is 0 Å². The van der Waals surface area contributed by atoms with Crippen LogP contribution in [0.3, 0.4) is 0 Å². The normalized spacial score (nSPS) is 12.5. The zero-order valence-corrected chi connectivity index (χ0v) is 19.6. The average molecular weight is 367 g/mol. The molecule has 0 bridgehead atoms. The first-order valence-electron chi connectivity index (χ1n) is 10.2. The first-order chi connectivity index (χ1) is 12.4. The molecule has 0 N–H and O–H groups in total. The maximum Gasteiger partial charge on any atom is 1.00 e. The Labute approximate surface area is 184 Å². The van der Waals surface area contributed by atoms with Gasteiger partial charge in [-0.2, -0.15) is 6.07 Å². The largest absolute Gasteiger partial charge is 1.00 e. The van der Waals surface area contributed by atoms with E-state index in [1.54, 1.807) is 0 Å². The molecule has 0 saturated heterocycles. The number of fused-ring (bicyclic) bond motifs is 1. The summed E-state index contributed by atoms with van der Waals surface area (Å²) in [7, 11) is 0. The van der Waals surface area contributed by atoms with Crippen molar-refractivity contribution in [2.75, 3.05) is 0 Å². The summed E-state index contributed by atoms with van der Waals surface area (Å²) < 4.78 is 0. The van der Waals surface area contributed by atoms with Gasteiger partial charge in [-0.05, 0) is 40.4 Å². The summed E-state index contributed by atoms with van der Waals surface area (Å²) in [5, 5.41) is 2.75. The van der Waals surface area contributed by atoms with E-state index >= 15 is 0 Å². The molecule has 0 aliphatic carbocycles. The summed E-state index contributed by atoms with van der Waals surface area (Å²) in [6.45, 7) is 20.6. The minimum Gasteiger partial charge on any atom is -0.164 e. The Morgan fingerprint density at radius 2 is 1.29 bits per heavy atom. The van der Waals surface area contributed by atoms with Crippen molar-refractivity contribution in [2.24, 2.45) is 0 Å². The quantitative estimate of drug-likeness (QED) is 0.429. The SMILES string of the molecule is Cc1cc(-c2cc(C(C)(C)C)cc(C(C)(C)C)c2)c2cc(C(C)C)[cH-]c2c1.[Li+]. The fraction of sp³-hybridized carbons (Fsp3) is 0.444. The van der Waals surface area contributed by atoms with Gasteiger partial charge in [-0.25, -0.2) is 0 Å². The van der Waals surface area contributed by atoms with Crippen molar-refractivity contribution >= 4 is 10.8 Å². The maximum absolute atomic E-state index is 2.41. The molecule has 3 aromatic carbocycles. The zero-order valence-electron chi connectivity index (χ0n) is 19.6. The van der Waals surface area contributed by atoms with Crippen molar-refractivity contribution in [2.45, 2.75) is 79.1 Å². The van der Waals surface area contributed by atoms with E-state index in [4.69, 9.17) is 0 Å². The van der Waals surface area contributed by atoms with E-state index < -0.39 is 0 Å². The van der Waals surface area contributed by atoms with Crippen LogP contribution in [0, 0.1) is 6.92 Å². The van der Waals surface area contributed by atoms with Gasteiger partial charge in [0.1, 0.15) is 0 Å². The second-order valence-corrected chi connectivity index (χ2v) is 10.6. The molecule has 1 heteroatoms. The van der Waals surface area contributed by atoms with Crippen molar-refractivity contribution in [3.8, 4) is 11.1 Å². The molecule has 0 aliphatic heterocycles. The molecule has 3 rings (SSSR count). The summed E-state index contributed by atoms with van der Waals surface area (Å²) in [4.78, 5) is 0. The second-order valence-electron chi connectivity index (χ2n) is 10.6. The topological polar surface area (TPSA) is 0 Å². The molecular formula is C27H35Li. The number of rotatable bonds is 2. The minimum atomic E-state index is 0. The molecule has 3 aromatic rings. The van der Waals surface area contributed by atoms with Crippen LogP contribution >= 0.6 is 0 Å². The van der Waals surface area contributed by atoms with Crippen LogP contribution in [0.5, 0.6) is 0 Å². The first kappa shape index (κ1) is 22.9. The predicted octanol–water partition coefficient (Wildman–Crippen LogP) is 5.26. The van der Waals surface area contributed by atoms with Gasteiger partial charge in [-0.3, -0.25) is 0 Å². The first-order valence-corrected chi connectivity index (χ1v) is 10.2. The monoisotopic (exact) mass is 366 g/mol. The Balaban J connectivity index is 0.00000280. The van der Waals surface area contributed by atoms with Gasteiger partial charge < -0.3 is 0 Å². The summed E-state index contributed by atoms with van der Waals surface area (Å²) in [6.07, 6.45) is 0. The number of hydrogen-bond donors (Lipinski definition) is 0. The van der Waals surface area contributed by atoms with Gasteiger partial charge in [0.05, 0.1) is 0 Å². The van der Waals surface area contributed by atoms with Crippen LogP contribution in [0.4, 0.5) is 0 Å². The van der Waals surface area contributed by atoms with Crippen molar-refractivity contribution in [1.82, 2.24) is 0 Å².